The van der Waals surface area contributed by atoms with E-state index in [1.54, 1.807) is 0 Å². The highest BCUT2D eigenvalue weighted by atomic mass is 35.5. The van der Waals surface area contributed by atoms with Gasteiger partial charge in [0.1, 0.15) is 0 Å². The van der Waals surface area contributed by atoms with Crippen LogP contribution < -0.4 is 5.73 Å². The molecule has 0 aliphatic heterocycles. The Kier molecular flexibility index (Phi) is 3.81. The highest BCUT2D eigenvalue weighted by Gasteiger charge is 2.16. The zero-order valence-corrected chi connectivity index (χ0v) is 12.0. The smallest absolute Gasteiger partial charge is 0.0498 e. The number of rotatable bonds is 3. The Bertz CT molecular complexity index is 567. The molecule has 3 rings (SSSR count). The molecule has 1 aliphatic rings. The Morgan fingerprint density at radius 3 is 2.74 bits per heavy atom. The molecule has 0 radical (unpaired) electrons. The van der Waals surface area contributed by atoms with Gasteiger partial charge in [0.2, 0.25) is 0 Å². The standard InChI is InChI=1S/C16H21ClN2/c17-14-6-7-15-13(9-18)11-19(16(15)8-14)10-12-4-2-1-3-5-12/h6-8,11-12H,1-5,9-10,18H2. The molecule has 1 heterocycles. The fourth-order valence-corrected chi connectivity index (χ4v) is 3.47. The van der Waals surface area contributed by atoms with Crippen molar-refractivity contribution in [1.29, 1.82) is 0 Å². The third-order valence-electron chi connectivity index (χ3n) is 4.33. The molecular weight excluding hydrogens is 256 g/mol. The molecule has 0 spiro atoms. The summed E-state index contributed by atoms with van der Waals surface area (Å²) >= 11 is 6.14. The summed E-state index contributed by atoms with van der Waals surface area (Å²) in [5.74, 6) is 0.814. The number of benzene rings is 1. The van der Waals surface area contributed by atoms with Gasteiger partial charge in [-0.05, 0) is 36.5 Å². The molecule has 3 heteroatoms. The van der Waals surface area contributed by atoms with Crippen LogP contribution in [-0.2, 0) is 13.1 Å². The lowest BCUT2D eigenvalue weighted by Gasteiger charge is -2.22. The molecule has 0 atom stereocenters. The number of hydrogen-bond acceptors (Lipinski definition) is 1. The minimum absolute atomic E-state index is 0.593. The number of fused-ring (bicyclic) bond motifs is 1. The van der Waals surface area contributed by atoms with E-state index in [2.05, 4.69) is 22.9 Å². The summed E-state index contributed by atoms with van der Waals surface area (Å²) in [6.45, 7) is 1.70. The van der Waals surface area contributed by atoms with Crippen LogP contribution in [0.15, 0.2) is 24.4 Å². The van der Waals surface area contributed by atoms with Gasteiger partial charge >= 0.3 is 0 Å². The van der Waals surface area contributed by atoms with Crippen molar-refractivity contribution in [3.05, 3.63) is 35.0 Å². The van der Waals surface area contributed by atoms with Gasteiger partial charge in [-0.15, -0.1) is 0 Å². The summed E-state index contributed by atoms with van der Waals surface area (Å²) in [4.78, 5) is 0. The Hall–Kier alpha value is -0.990. The van der Waals surface area contributed by atoms with Crippen molar-refractivity contribution in [2.45, 2.75) is 45.2 Å². The summed E-state index contributed by atoms with van der Waals surface area (Å²) in [7, 11) is 0. The average molecular weight is 277 g/mol. The van der Waals surface area contributed by atoms with Crippen molar-refractivity contribution < 1.29 is 0 Å². The van der Waals surface area contributed by atoms with Gasteiger partial charge in [-0.25, -0.2) is 0 Å². The average Bonchev–Trinajstić information content (AvgIpc) is 2.77. The van der Waals surface area contributed by atoms with E-state index in [-0.39, 0.29) is 0 Å². The molecule has 1 saturated carbocycles. The van der Waals surface area contributed by atoms with Gasteiger partial charge in [0, 0.05) is 35.2 Å². The summed E-state index contributed by atoms with van der Waals surface area (Å²) in [6.07, 6.45) is 9.11. The van der Waals surface area contributed by atoms with Gasteiger partial charge in [0.25, 0.3) is 0 Å². The van der Waals surface area contributed by atoms with E-state index in [9.17, 15) is 0 Å². The highest BCUT2D eigenvalue weighted by molar-refractivity contribution is 6.31. The predicted octanol–water partition coefficient (Wildman–Crippen LogP) is 4.33. The molecule has 0 unspecified atom stereocenters. The summed E-state index contributed by atoms with van der Waals surface area (Å²) in [5.41, 5.74) is 8.31. The van der Waals surface area contributed by atoms with Crippen LogP contribution in [0.4, 0.5) is 0 Å². The van der Waals surface area contributed by atoms with Crippen LogP contribution in [0.3, 0.4) is 0 Å². The monoisotopic (exact) mass is 276 g/mol. The maximum atomic E-state index is 6.14. The first-order valence-corrected chi connectivity index (χ1v) is 7.63. The van der Waals surface area contributed by atoms with E-state index in [1.165, 1.54) is 48.6 Å². The largest absolute Gasteiger partial charge is 0.347 e. The van der Waals surface area contributed by atoms with Crippen molar-refractivity contribution in [2.75, 3.05) is 0 Å². The minimum Gasteiger partial charge on any atom is -0.347 e. The van der Waals surface area contributed by atoms with Crippen molar-refractivity contribution in [3.63, 3.8) is 0 Å². The minimum atomic E-state index is 0.593. The zero-order valence-electron chi connectivity index (χ0n) is 11.2. The summed E-state index contributed by atoms with van der Waals surface area (Å²) < 4.78 is 2.36. The van der Waals surface area contributed by atoms with E-state index in [4.69, 9.17) is 17.3 Å². The molecular formula is C16H21ClN2. The third kappa shape index (κ3) is 2.65. The Morgan fingerprint density at radius 2 is 2.00 bits per heavy atom. The molecule has 1 aromatic heterocycles. The predicted molar refractivity (Wildman–Crippen MR) is 81.4 cm³/mol. The topological polar surface area (TPSA) is 30.9 Å². The van der Waals surface area contributed by atoms with Gasteiger partial charge in [-0.2, -0.15) is 0 Å². The Labute approximate surface area is 119 Å². The second-order valence-corrected chi connectivity index (χ2v) is 6.11. The number of nitrogens with two attached hydrogens (primary N) is 1. The number of aromatic nitrogens is 1. The molecule has 0 amide bonds. The first-order valence-electron chi connectivity index (χ1n) is 7.25. The SMILES string of the molecule is NCc1cn(CC2CCCCC2)c2cc(Cl)ccc12. The molecule has 1 aliphatic carbocycles. The fraction of sp³-hybridized carbons (Fsp3) is 0.500. The molecule has 102 valence electrons. The zero-order chi connectivity index (χ0) is 13.2. The van der Waals surface area contributed by atoms with Gasteiger partial charge in [0.15, 0.2) is 0 Å². The van der Waals surface area contributed by atoms with Crippen molar-refractivity contribution in [3.8, 4) is 0 Å². The maximum absolute atomic E-state index is 6.14. The van der Waals surface area contributed by atoms with Gasteiger partial charge < -0.3 is 10.3 Å². The van der Waals surface area contributed by atoms with Crippen LogP contribution in [0.5, 0.6) is 0 Å². The summed E-state index contributed by atoms with van der Waals surface area (Å²) in [6, 6.07) is 6.12. The highest BCUT2D eigenvalue weighted by Crippen LogP contribution is 2.29. The van der Waals surface area contributed by atoms with Gasteiger partial charge in [-0.3, -0.25) is 0 Å². The normalized spacial score (nSPS) is 17.2. The number of hydrogen-bond donors (Lipinski definition) is 1. The molecule has 1 aromatic carbocycles. The molecule has 2 N–H and O–H groups in total. The van der Waals surface area contributed by atoms with Crippen LogP contribution in [0.1, 0.15) is 37.7 Å². The first kappa shape index (κ1) is 13.0. The Morgan fingerprint density at radius 1 is 1.21 bits per heavy atom. The van der Waals surface area contributed by atoms with E-state index in [0.717, 1.165) is 17.5 Å². The van der Waals surface area contributed by atoms with Crippen LogP contribution in [0, 0.1) is 5.92 Å². The number of halogens is 1. The van der Waals surface area contributed by atoms with E-state index >= 15 is 0 Å². The molecule has 1 fully saturated rings. The number of nitrogens with zero attached hydrogens (tertiary/aromatic N) is 1. The first-order chi connectivity index (χ1) is 9.28. The lowest BCUT2D eigenvalue weighted by Crippen LogP contribution is -2.13. The van der Waals surface area contributed by atoms with Crippen molar-refractivity contribution in [1.82, 2.24) is 4.57 Å². The summed E-state index contributed by atoms with van der Waals surface area (Å²) in [5, 5.41) is 2.06. The van der Waals surface area contributed by atoms with Crippen LogP contribution in [0.2, 0.25) is 5.02 Å². The van der Waals surface area contributed by atoms with Crippen molar-refractivity contribution >= 4 is 22.5 Å². The second-order valence-electron chi connectivity index (χ2n) is 5.68. The van der Waals surface area contributed by atoms with Crippen LogP contribution in [0.25, 0.3) is 10.9 Å². The molecule has 19 heavy (non-hydrogen) atoms. The van der Waals surface area contributed by atoms with Gasteiger partial charge in [-0.1, -0.05) is 36.9 Å². The van der Waals surface area contributed by atoms with Crippen LogP contribution in [-0.4, -0.2) is 4.57 Å². The Balaban J connectivity index is 1.95. The fourth-order valence-electron chi connectivity index (χ4n) is 3.30. The van der Waals surface area contributed by atoms with Gasteiger partial charge in [0.05, 0.1) is 0 Å². The molecule has 0 saturated heterocycles. The van der Waals surface area contributed by atoms with E-state index in [1.807, 2.05) is 6.07 Å². The lowest BCUT2D eigenvalue weighted by atomic mass is 9.89. The van der Waals surface area contributed by atoms with E-state index in [0.29, 0.717) is 6.54 Å². The quantitative estimate of drug-likeness (QED) is 0.889. The molecule has 2 aromatic rings. The lowest BCUT2D eigenvalue weighted by molar-refractivity contribution is 0.322. The molecule has 0 bridgehead atoms. The third-order valence-corrected chi connectivity index (χ3v) is 4.56. The van der Waals surface area contributed by atoms with Crippen molar-refractivity contribution in [2.24, 2.45) is 11.7 Å². The maximum Gasteiger partial charge on any atom is 0.0498 e. The van der Waals surface area contributed by atoms with E-state index < -0.39 is 0 Å². The van der Waals surface area contributed by atoms with Crippen LogP contribution >= 0.6 is 11.6 Å². The second kappa shape index (κ2) is 5.56. The molecule has 2 nitrogen and oxygen atoms in total.